The van der Waals surface area contributed by atoms with E-state index < -0.39 is 17.8 Å². The smallest absolute Gasteiger partial charge is 0.356 e. The van der Waals surface area contributed by atoms with E-state index in [1.807, 2.05) is 30.3 Å². The monoisotopic (exact) mass is 360 g/mol. The fourth-order valence-corrected chi connectivity index (χ4v) is 3.19. The molecule has 0 spiro atoms. The summed E-state index contributed by atoms with van der Waals surface area (Å²) in [5, 5.41) is 0.999. The Kier molecular flexibility index (Phi) is 4.08. The quantitative estimate of drug-likeness (QED) is 0.529. The topological polar surface area (TPSA) is 68.6 Å². The van der Waals surface area contributed by atoms with Crippen molar-refractivity contribution >= 4 is 17.8 Å². The SMILES string of the molecule is CCOC(=O)c1ccc(-c2ccccc2)n1N1C(=O)c2ccccc2C1=O. The number of hydrogen-bond donors (Lipinski definition) is 0. The number of hydrogen-bond acceptors (Lipinski definition) is 4. The molecular formula is C21H16N2O4. The molecule has 0 atom stereocenters. The van der Waals surface area contributed by atoms with Crippen LogP contribution in [0.3, 0.4) is 0 Å². The molecule has 2 aromatic carbocycles. The molecule has 0 saturated heterocycles. The molecule has 134 valence electrons. The number of aromatic nitrogens is 1. The zero-order valence-corrected chi connectivity index (χ0v) is 14.6. The minimum absolute atomic E-state index is 0.116. The highest BCUT2D eigenvalue weighted by atomic mass is 16.5. The number of benzene rings is 2. The molecule has 4 rings (SSSR count). The van der Waals surface area contributed by atoms with Crippen molar-refractivity contribution in [1.82, 2.24) is 4.68 Å². The van der Waals surface area contributed by atoms with E-state index >= 15 is 0 Å². The molecule has 0 N–H and O–H groups in total. The van der Waals surface area contributed by atoms with Gasteiger partial charge in [0.15, 0.2) is 0 Å². The zero-order chi connectivity index (χ0) is 19.0. The minimum atomic E-state index is -0.601. The number of fused-ring (bicyclic) bond motifs is 1. The molecule has 6 heteroatoms. The molecule has 2 heterocycles. The first-order valence-corrected chi connectivity index (χ1v) is 8.56. The molecule has 1 aliphatic rings. The lowest BCUT2D eigenvalue weighted by atomic mass is 10.1. The standard InChI is InChI=1S/C21H16N2O4/c1-2-27-21(26)18-13-12-17(14-8-4-3-5-9-14)22(18)23-19(24)15-10-6-7-11-16(15)20(23)25/h3-13H,2H2,1H3. The highest BCUT2D eigenvalue weighted by Crippen LogP contribution is 2.29. The van der Waals surface area contributed by atoms with Crippen LogP contribution in [-0.4, -0.2) is 29.1 Å². The van der Waals surface area contributed by atoms with Crippen molar-refractivity contribution in [3.05, 3.63) is 83.6 Å². The number of carbonyl (C=O) groups excluding carboxylic acids is 3. The van der Waals surface area contributed by atoms with E-state index in [0.717, 1.165) is 10.6 Å². The van der Waals surface area contributed by atoms with Crippen LogP contribution >= 0.6 is 0 Å². The van der Waals surface area contributed by atoms with E-state index in [-0.39, 0.29) is 12.3 Å². The molecular weight excluding hydrogens is 344 g/mol. The second kappa shape index (κ2) is 6.57. The molecule has 0 aliphatic carbocycles. The summed E-state index contributed by atoms with van der Waals surface area (Å²) in [6.07, 6.45) is 0. The van der Waals surface area contributed by atoms with Crippen LogP contribution in [0, 0.1) is 0 Å². The van der Waals surface area contributed by atoms with E-state index in [1.54, 1.807) is 43.3 Å². The van der Waals surface area contributed by atoms with E-state index in [1.165, 1.54) is 4.68 Å². The normalized spacial score (nSPS) is 13.0. The Morgan fingerprint density at radius 1 is 0.852 bits per heavy atom. The third-order valence-corrected chi connectivity index (χ3v) is 4.38. The first-order chi connectivity index (χ1) is 13.1. The largest absolute Gasteiger partial charge is 0.461 e. The summed E-state index contributed by atoms with van der Waals surface area (Å²) in [5.74, 6) is -1.56. The summed E-state index contributed by atoms with van der Waals surface area (Å²) in [6.45, 7) is 1.89. The molecule has 0 bridgehead atoms. The number of rotatable bonds is 4. The van der Waals surface area contributed by atoms with Gasteiger partial charge in [-0.05, 0) is 31.2 Å². The Morgan fingerprint density at radius 2 is 1.44 bits per heavy atom. The van der Waals surface area contributed by atoms with Crippen LogP contribution in [0.2, 0.25) is 0 Å². The lowest BCUT2D eigenvalue weighted by molar-refractivity contribution is 0.0514. The van der Waals surface area contributed by atoms with E-state index in [0.29, 0.717) is 16.8 Å². The van der Waals surface area contributed by atoms with Crippen molar-refractivity contribution in [2.75, 3.05) is 11.6 Å². The first-order valence-electron chi connectivity index (χ1n) is 8.56. The highest BCUT2D eigenvalue weighted by Gasteiger charge is 2.39. The van der Waals surface area contributed by atoms with Gasteiger partial charge in [0, 0.05) is 5.56 Å². The van der Waals surface area contributed by atoms with Crippen LogP contribution in [-0.2, 0) is 4.74 Å². The fraction of sp³-hybridized carbons (Fsp3) is 0.0952. The van der Waals surface area contributed by atoms with Gasteiger partial charge >= 0.3 is 5.97 Å². The number of ether oxygens (including phenoxy) is 1. The molecule has 6 nitrogen and oxygen atoms in total. The van der Waals surface area contributed by atoms with Gasteiger partial charge < -0.3 is 4.74 Å². The van der Waals surface area contributed by atoms with Crippen LogP contribution in [0.15, 0.2) is 66.7 Å². The van der Waals surface area contributed by atoms with Crippen LogP contribution in [0.1, 0.15) is 38.1 Å². The van der Waals surface area contributed by atoms with Gasteiger partial charge in [-0.3, -0.25) is 9.59 Å². The molecule has 0 saturated carbocycles. The third-order valence-electron chi connectivity index (χ3n) is 4.38. The van der Waals surface area contributed by atoms with Gasteiger partial charge in [-0.2, -0.15) is 5.01 Å². The summed E-state index contributed by atoms with van der Waals surface area (Å²) in [7, 11) is 0. The summed E-state index contributed by atoms with van der Waals surface area (Å²) in [6, 6.07) is 19.1. The molecule has 1 aliphatic heterocycles. The third kappa shape index (κ3) is 2.62. The van der Waals surface area contributed by atoms with Crippen molar-refractivity contribution < 1.29 is 19.1 Å². The van der Waals surface area contributed by atoms with Crippen molar-refractivity contribution in [2.45, 2.75) is 6.92 Å². The Bertz CT molecular complexity index is 1020. The lowest BCUT2D eigenvalue weighted by Crippen LogP contribution is -2.42. The number of esters is 1. The van der Waals surface area contributed by atoms with E-state index in [2.05, 4.69) is 0 Å². The van der Waals surface area contributed by atoms with Crippen LogP contribution in [0.4, 0.5) is 0 Å². The summed E-state index contributed by atoms with van der Waals surface area (Å²) in [4.78, 5) is 38.4. The van der Waals surface area contributed by atoms with Crippen molar-refractivity contribution in [3.8, 4) is 11.3 Å². The molecule has 0 fully saturated rings. The van der Waals surface area contributed by atoms with Gasteiger partial charge in [-0.25, -0.2) is 9.47 Å². The number of imide groups is 1. The van der Waals surface area contributed by atoms with Gasteiger partial charge in [0.25, 0.3) is 11.8 Å². The minimum Gasteiger partial charge on any atom is -0.461 e. The Labute approximate surface area is 155 Å². The molecule has 3 aromatic rings. The Balaban J connectivity index is 1.91. The van der Waals surface area contributed by atoms with Crippen molar-refractivity contribution in [1.29, 1.82) is 0 Å². The van der Waals surface area contributed by atoms with E-state index in [9.17, 15) is 14.4 Å². The predicted molar refractivity (Wildman–Crippen MR) is 99.1 cm³/mol. The van der Waals surface area contributed by atoms with Crippen molar-refractivity contribution in [2.24, 2.45) is 0 Å². The first kappa shape index (κ1) is 16.8. The van der Waals surface area contributed by atoms with Crippen LogP contribution < -0.4 is 5.01 Å². The van der Waals surface area contributed by atoms with E-state index in [4.69, 9.17) is 4.74 Å². The molecule has 2 amide bonds. The fourth-order valence-electron chi connectivity index (χ4n) is 3.19. The second-order valence-electron chi connectivity index (χ2n) is 5.97. The summed E-state index contributed by atoms with van der Waals surface area (Å²) in [5.41, 5.74) is 2.05. The van der Waals surface area contributed by atoms with Gasteiger partial charge in [-0.1, -0.05) is 42.5 Å². The average Bonchev–Trinajstić information content (AvgIpc) is 3.23. The molecule has 27 heavy (non-hydrogen) atoms. The van der Waals surface area contributed by atoms with Gasteiger partial charge in [0.2, 0.25) is 0 Å². The maximum atomic E-state index is 13.0. The summed E-state index contributed by atoms with van der Waals surface area (Å²) >= 11 is 0. The molecule has 1 aromatic heterocycles. The number of amides is 2. The second-order valence-corrected chi connectivity index (χ2v) is 5.97. The van der Waals surface area contributed by atoms with Gasteiger partial charge in [0.1, 0.15) is 5.69 Å². The number of nitrogens with zero attached hydrogens (tertiary/aromatic N) is 2. The van der Waals surface area contributed by atoms with Crippen LogP contribution in [0.5, 0.6) is 0 Å². The van der Waals surface area contributed by atoms with Crippen LogP contribution in [0.25, 0.3) is 11.3 Å². The predicted octanol–water partition coefficient (Wildman–Crippen LogP) is 3.26. The zero-order valence-electron chi connectivity index (χ0n) is 14.6. The lowest BCUT2D eigenvalue weighted by Gasteiger charge is -2.21. The highest BCUT2D eigenvalue weighted by molar-refractivity contribution is 6.31. The Morgan fingerprint density at radius 3 is 2.04 bits per heavy atom. The Hall–Kier alpha value is -3.67. The maximum absolute atomic E-state index is 13.0. The van der Waals surface area contributed by atoms with Gasteiger partial charge in [0.05, 0.1) is 23.4 Å². The maximum Gasteiger partial charge on any atom is 0.356 e. The van der Waals surface area contributed by atoms with Gasteiger partial charge in [-0.15, -0.1) is 0 Å². The molecule has 0 unspecified atom stereocenters. The summed E-state index contributed by atoms with van der Waals surface area (Å²) < 4.78 is 6.46. The van der Waals surface area contributed by atoms with Crippen molar-refractivity contribution in [3.63, 3.8) is 0 Å². The average molecular weight is 360 g/mol. The number of carbonyl (C=O) groups is 3. The molecule has 0 radical (unpaired) electrons.